The number of carbonyl (C=O) groups is 1. The Balaban J connectivity index is 1.83. The molecular weight excluding hydrogens is 248 g/mol. The average Bonchev–Trinajstić information content (AvgIpc) is 2.44. The maximum absolute atomic E-state index is 12.3. The average molecular weight is 274 g/mol. The van der Waals surface area contributed by atoms with Gasteiger partial charge in [0.1, 0.15) is 0 Å². The summed E-state index contributed by atoms with van der Waals surface area (Å²) < 4.78 is 0. The van der Waals surface area contributed by atoms with Gasteiger partial charge in [-0.3, -0.25) is 4.79 Å². The van der Waals surface area contributed by atoms with Gasteiger partial charge in [-0.25, -0.2) is 0 Å². The van der Waals surface area contributed by atoms with E-state index in [-0.39, 0.29) is 17.4 Å². The van der Waals surface area contributed by atoms with Gasteiger partial charge in [0.2, 0.25) is 5.91 Å². The Morgan fingerprint density at radius 1 is 1.35 bits per heavy atom. The molecule has 1 aliphatic rings. The van der Waals surface area contributed by atoms with Gasteiger partial charge in [-0.05, 0) is 30.2 Å². The van der Waals surface area contributed by atoms with Crippen LogP contribution in [-0.2, 0) is 4.79 Å². The summed E-state index contributed by atoms with van der Waals surface area (Å²) in [5.74, 6) is 0.254. The highest BCUT2D eigenvalue weighted by Gasteiger charge is 2.28. The van der Waals surface area contributed by atoms with E-state index in [1.54, 1.807) is 0 Å². The summed E-state index contributed by atoms with van der Waals surface area (Å²) in [4.78, 5) is 14.3. The summed E-state index contributed by atoms with van der Waals surface area (Å²) in [7, 11) is 0. The number of benzene rings is 1. The van der Waals surface area contributed by atoms with Crippen LogP contribution in [0, 0.1) is 5.41 Å². The van der Waals surface area contributed by atoms with E-state index < -0.39 is 0 Å². The van der Waals surface area contributed by atoms with Gasteiger partial charge < -0.3 is 10.6 Å². The predicted molar refractivity (Wildman–Crippen MR) is 82.2 cm³/mol. The van der Waals surface area contributed by atoms with E-state index in [0.29, 0.717) is 6.42 Å². The number of hydrogen-bond donors (Lipinski definition) is 1. The highest BCUT2D eigenvalue weighted by atomic mass is 16.2. The van der Waals surface area contributed by atoms with Gasteiger partial charge in [0, 0.05) is 25.6 Å². The van der Waals surface area contributed by atoms with Crippen molar-refractivity contribution in [2.45, 2.75) is 45.6 Å². The molecule has 1 aromatic rings. The topological polar surface area (TPSA) is 46.3 Å². The lowest BCUT2D eigenvalue weighted by Crippen LogP contribution is -2.43. The van der Waals surface area contributed by atoms with Gasteiger partial charge in [0.05, 0.1) is 0 Å². The highest BCUT2D eigenvalue weighted by Crippen LogP contribution is 2.29. The molecule has 20 heavy (non-hydrogen) atoms. The zero-order chi connectivity index (χ0) is 14.6. The Labute approximate surface area is 122 Å². The Kier molecular flexibility index (Phi) is 4.81. The van der Waals surface area contributed by atoms with Crippen LogP contribution in [0.5, 0.6) is 0 Å². The molecule has 1 unspecified atom stereocenters. The first kappa shape index (κ1) is 15.0. The first-order chi connectivity index (χ1) is 9.48. The molecule has 1 amide bonds. The van der Waals surface area contributed by atoms with E-state index in [1.807, 2.05) is 35.2 Å². The lowest BCUT2D eigenvalue weighted by molar-refractivity contribution is -0.134. The van der Waals surface area contributed by atoms with E-state index in [9.17, 15) is 4.79 Å². The molecule has 1 heterocycles. The van der Waals surface area contributed by atoms with Gasteiger partial charge >= 0.3 is 0 Å². The van der Waals surface area contributed by atoms with Crippen LogP contribution in [-0.4, -0.2) is 23.9 Å². The van der Waals surface area contributed by atoms with Crippen molar-refractivity contribution in [3.05, 3.63) is 35.9 Å². The molecule has 0 radical (unpaired) electrons. The number of likely N-dealkylation sites (tertiary alicyclic amines) is 1. The summed E-state index contributed by atoms with van der Waals surface area (Å²) in [6, 6.07) is 9.97. The van der Waals surface area contributed by atoms with Crippen LogP contribution in [0.15, 0.2) is 30.3 Å². The van der Waals surface area contributed by atoms with E-state index in [0.717, 1.165) is 31.5 Å². The number of carbonyl (C=O) groups excluding carboxylic acids is 1. The molecule has 3 heteroatoms. The molecule has 2 rings (SSSR count). The van der Waals surface area contributed by atoms with Gasteiger partial charge in [-0.2, -0.15) is 0 Å². The molecule has 0 aromatic heterocycles. The molecule has 1 atom stereocenters. The molecule has 0 saturated carbocycles. The van der Waals surface area contributed by atoms with Crippen LogP contribution in [0.2, 0.25) is 0 Å². The van der Waals surface area contributed by atoms with Gasteiger partial charge in [-0.1, -0.05) is 44.2 Å². The molecule has 1 aromatic carbocycles. The number of amides is 1. The van der Waals surface area contributed by atoms with Gasteiger partial charge in [-0.15, -0.1) is 0 Å². The third-order valence-electron chi connectivity index (χ3n) is 4.15. The Hall–Kier alpha value is -1.35. The standard InChI is InChI=1S/C17H26N2O/c1-17(2)11-6-12-19(13-17)16(20)10-9-15(18)14-7-4-3-5-8-14/h3-5,7-8,15H,6,9-13,18H2,1-2H3. The largest absolute Gasteiger partial charge is 0.342 e. The van der Waals surface area contributed by atoms with Crippen LogP contribution < -0.4 is 5.73 Å². The minimum Gasteiger partial charge on any atom is -0.342 e. The Morgan fingerprint density at radius 2 is 2.05 bits per heavy atom. The molecule has 0 spiro atoms. The minimum absolute atomic E-state index is 0.0436. The number of hydrogen-bond acceptors (Lipinski definition) is 2. The van der Waals surface area contributed by atoms with Gasteiger partial charge in [0.25, 0.3) is 0 Å². The Bertz CT molecular complexity index is 442. The molecule has 0 bridgehead atoms. The Morgan fingerprint density at radius 3 is 2.70 bits per heavy atom. The van der Waals surface area contributed by atoms with Crippen LogP contribution in [0.3, 0.4) is 0 Å². The SMILES string of the molecule is CC1(C)CCCN(C(=O)CCC(N)c2ccccc2)C1. The van der Waals surface area contributed by atoms with Crippen LogP contribution >= 0.6 is 0 Å². The number of rotatable bonds is 4. The molecular formula is C17H26N2O. The smallest absolute Gasteiger partial charge is 0.222 e. The third-order valence-corrected chi connectivity index (χ3v) is 4.15. The quantitative estimate of drug-likeness (QED) is 0.917. The summed E-state index contributed by atoms with van der Waals surface area (Å²) in [5.41, 5.74) is 7.53. The fourth-order valence-corrected chi connectivity index (χ4v) is 2.94. The molecule has 2 N–H and O–H groups in total. The normalized spacial score (nSPS) is 19.6. The highest BCUT2D eigenvalue weighted by molar-refractivity contribution is 5.76. The fraction of sp³-hybridized carbons (Fsp3) is 0.588. The number of nitrogens with zero attached hydrogens (tertiary/aromatic N) is 1. The van der Waals surface area contributed by atoms with Crippen molar-refractivity contribution in [1.29, 1.82) is 0 Å². The van der Waals surface area contributed by atoms with E-state index >= 15 is 0 Å². The first-order valence-corrected chi connectivity index (χ1v) is 7.56. The van der Waals surface area contributed by atoms with Crippen molar-refractivity contribution in [1.82, 2.24) is 4.90 Å². The second-order valence-electron chi connectivity index (χ2n) is 6.64. The summed E-state index contributed by atoms with van der Waals surface area (Å²) >= 11 is 0. The lowest BCUT2D eigenvalue weighted by Gasteiger charge is -2.38. The van der Waals surface area contributed by atoms with Crippen LogP contribution in [0.1, 0.15) is 51.1 Å². The molecule has 110 valence electrons. The lowest BCUT2D eigenvalue weighted by atomic mass is 9.84. The number of nitrogens with two attached hydrogens (primary N) is 1. The zero-order valence-corrected chi connectivity index (χ0v) is 12.6. The van der Waals surface area contributed by atoms with Crippen molar-refractivity contribution in [3.63, 3.8) is 0 Å². The van der Waals surface area contributed by atoms with E-state index in [2.05, 4.69) is 13.8 Å². The summed E-state index contributed by atoms with van der Waals surface area (Å²) in [5, 5.41) is 0. The second-order valence-corrected chi connectivity index (χ2v) is 6.64. The van der Waals surface area contributed by atoms with Crippen molar-refractivity contribution >= 4 is 5.91 Å². The van der Waals surface area contributed by atoms with Crippen LogP contribution in [0.25, 0.3) is 0 Å². The second kappa shape index (κ2) is 6.40. The van der Waals surface area contributed by atoms with Crippen molar-refractivity contribution < 1.29 is 4.79 Å². The first-order valence-electron chi connectivity index (χ1n) is 7.56. The molecule has 3 nitrogen and oxygen atoms in total. The predicted octanol–water partition coefficient (Wildman–Crippen LogP) is 3.12. The fourth-order valence-electron chi connectivity index (χ4n) is 2.94. The van der Waals surface area contributed by atoms with E-state index in [4.69, 9.17) is 5.73 Å². The molecule has 0 aliphatic carbocycles. The summed E-state index contributed by atoms with van der Waals surface area (Å²) in [6.45, 7) is 6.26. The van der Waals surface area contributed by atoms with Crippen LogP contribution in [0.4, 0.5) is 0 Å². The summed E-state index contributed by atoms with van der Waals surface area (Å²) in [6.07, 6.45) is 3.59. The van der Waals surface area contributed by atoms with Gasteiger partial charge in [0.15, 0.2) is 0 Å². The maximum atomic E-state index is 12.3. The molecule has 1 fully saturated rings. The third kappa shape index (κ3) is 4.07. The van der Waals surface area contributed by atoms with Crippen molar-refractivity contribution in [2.24, 2.45) is 11.1 Å². The van der Waals surface area contributed by atoms with Crippen molar-refractivity contribution in [2.75, 3.05) is 13.1 Å². The number of piperidine rings is 1. The zero-order valence-electron chi connectivity index (χ0n) is 12.6. The maximum Gasteiger partial charge on any atom is 0.222 e. The monoisotopic (exact) mass is 274 g/mol. The molecule has 1 aliphatic heterocycles. The van der Waals surface area contributed by atoms with E-state index in [1.165, 1.54) is 6.42 Å². The van der Waals surface area contributed by atoms with Crippen molar-refractivity contribution in [3.8, 4) is 0 Å². The minimum atomic E-state index is -0.0436. The molecule has 1 saturated heterocycles.